The summed E-state index contributed by atoms with van der Waals surface area (Å²) in [4.78, 5) is 14.0. The van der Waals surface area contributed by atoms with Crippen LogP contribution in [0.2, 0.25) is 0 Å². The molecule has 2 unspecified atom stereocenters. The van der Waals surface area contributed by atoms with Gasteiger partial charge in [0.05, 0.1) is 12.6 Å². The van der Waals surface area contributed by atoms with Crippen molar-refractivity contribution >= 4 is 21.8 Å². The first kappa shape index (κ1) is 13.6. The van der Waals surface area contributed by atoms with E-state index >= 15 is 0 Å². The predicted octanol–water partition coefficient (Wildman–Crippen LogP) is 2.39. The zero-order valence-electron chi connectivity index (χ0n) is 10.8. The number of rotatable bonds is 3. The van der Waals surface area contributed by atoms with Crippen molar-refractivity contribution in [1.29, 1.82) is 0 Å². The highest BCUT2D eigenvalue weighted by Crippen LogP contribution is 2.18. The van der Waals surface area contributed by atoms with Gasteiger partial charge < -0.3 is 14.6 Å². The van der Waals surface area contributed by atoms with Gasteiger partial charge in [-0.05, 0) is 53.4 Å². The molecule has 0 radical (unpaired) electrons. The van der Waals surface area contributed by atoms with Crippen LogP contribution in [0.25, 0.3) is 0 Å². The third kappa shape index (κ3) is 3.36. The topological polar surface area (TPSA) is 45.5 Å². The number of hydrogen-bond donors (Lipinski definition) is 1. The van der Waals surface area contributed by atoms with Gasteiger partial charge in [-0.25, -0.2) is 0 Å². The molecule has 0 spiro atoms. The van der Waals surface area contributed by atoms with Crippen LogP contribution in [-0.4, -0.2) is 30.4 Å². The lowest BCUT2D eigenvalue weighted by molar-refractivity contribution is -0.133. The monoisotopic (exact) mass is 314 g/mol. The molecule has 1 amide bonds. The highest BCUT2D eigenvalue weighted by Gasteiger charge is 2.27. The van der Waals surface area contributed by atoms with Crippen molar-refractivity contribution in [2.75, 3.05) is 13.6 Å². The van der Waals surface area contributed by atoms with Crippen LogP contribution in [-0.2, 0) is 11.3 Å². The standard InChI is InChI=1S/C13H19BrN2O2/c1-9-5-6-15-11(7-9)13(17)16(2)8-10-3-4-12(14)18-10/h3-4,9,11,15H,5-8H2,1-2H3. The summed E-state index contributed by atoms with van der Waals surface area (Å²) in [6.45, 7) is 3.64. The van der Waals surface area contributed by atoms with Crippen LogP contribution in [0.3, 0.4) is 0 Å². The van der Waals surface area contributed by atoms with Crippen LogP contribution in [0, 0.1) is 5.92 Å². The first-order chi connectivity index (χ1) is 8.56. The van der Waals surface area contributed by atoms with Crippen LogP contribution in [0.15, 0.2) is 21.2 Å². The first-order valence-electron chi connectivity index (χ1n) is 6.29. The number of likely N-dealkylation sites (N-methyl/N-ethyl adjacent to an activating group) is 1. The molecular formula is C13H19BrN2O2. The van der Waals surface area contributed by atoms with Crippen LogP contribution in [0.5, 0.6) is 0 Å². The predicted molar refractivity (Wildman–Crippen MR) is 73.1 cm³/mol. The smallest absolute Gasteiger partial charge is 0.239 e. The molecule has 1 fully saturated rings. The number of carbonyl (C=O) groups is 1. The summed E-state index contributed by atoms with van der Waals surface area (Å²) in [7, 11) is 1.82. The Morgan fingerprint density at radius 3 is 3.00 bits per heavy atom. The Kier molecular flexibility index (Phi) is 4.45. The Bertz CT molecular complexity index is 419. The largest absolute Gasteiger partial charge is 0.452 e. The summed E-state index contributed by atoms with van der Waals surface area (Å²) in [5, 5.41) is 3.29. The number of halogens is 1. The molecule has 1 aliphatic rings. The van der Waals surface area contributed by atoms with Crippen molar-refractivity contribution in [3.05, 3.63) is 22.6 Å². The first-order valence-corrected chi connectivity index (χ1v) is 7.08. The molecule has 0 aromatic carbocycles. The van der Waals surface area contributed by atoms with Gasteiger partial charge in [-0.2, -0.15) is 0 Å². The highest BCUT2D eigenvalue weighted by atomic mass is 79.9. The fraction of sp³-hybridized carbons (Fsp3) is 0.615. The fourth-order valence-corrected chi connectivity index (χ4v) is 2.65. The number of nitrogens with zero attached hydrogens (tertiary/aromatic N) is 1. The minimum absolute atomic E-state index is 0.0443. The van der Waals surface area contributed by atoms with Gasteiger partial charge in [-0.3, -0.25) is 4.79 Å². The van der Waals surface area contributed by atoms with Gasteiger partial charge in [0.1, 0.15) is 5.76 Å². The van der Waals surface area contributed by atoms with Gasteiger partial charge >= 0.3 is 0 Å². The van der Waals surface area contributed by atoms with Crippen LogP contribution < -0.4 is 5.32 Å². The zero-order chi connectivity index (χ0) is 13.1. The fourth-order valence-electron chi connectivity index (χ4n) is 2.31. The normalized spacial score (nSPS) is 23.9. The molecule has 0 bridgehead atoms. The summed E-state index contributed by atoms with van der Waals surface area (Å²) in [5.74, 6) is 1.56. The molecule has 5 heteroatoms. The number of amides is 1. The van der Waals surface area contributed by atoms with Gasteiger partial charge in [0.15, 0.2) is 4.67 Å². The van der Waals surface area contributed by atoms with Gasteiger partial charge in [0.25, 0.3) is 0 Å². The van der Waals surface area contributed by atoms with Crippen LogP contribution in [0.4, 0.5) is 0 Å². The Labute approximate surface area is 116 Å². The minimum atomic E-state index is -0.0443. The lowest BCUT2D eigenvalue weighted by Gasteiger charge is -2.30. The van der Waals surface area contributed by atoms with Crippen molar-refractivity contribution in [2.45, 2.75) is 32.4 Å². The van der Waals surface area contributed by atoms with Crippen LogP contribution >= 0.6 is 15.9 Å². The average molecular weight is 315 g/mol. The second-order valence-corrected chi connectivity index (χ2v) is 5.82. The van der Waals surface area contributed by atoms with Crippen molar-refractivity contribution < 1.29 is 9.21 Å². The summed E-state index contributed by atoms with van der Waals surface area (Å²) >= 11 is 3.26. The van der Waals surface area contributed by atoms with E-state index in [1.165, 1.54) is 0 Å². The number of nitrogens with one attached hydrogen (secondary N) is 1. The summed E-state index contributed by atoms with van der Waals surface area (Å²) in [6.07, 6.45) is 2.07. The SMILES string of the molecule is CC1CCNC(C(=O)N(C)Cc2ccc(Br)o2)C1. The highest BCUT2D eigenvalue weighted by molar-refractivity contribution is 9.10. The molecule has 2 atom stereocenters. The Balaban J connectivity index is 1.91. The van der Waals surface area contributed by atoms with Crippen molar-refractivity contribution in [3.63, 3.8) is 0 Å². The number of furan rings is 1. The molecule has 100 valence electrons. The number of hydrogen-bond acceptors (Lipinski definition) is 3. The van der Waals surface area contributed by atoms with E-state index < -0.39 is 0 Å². The van der Waals surface area contributed by atoms with Crippen molar-refractivity contribution in [3.8, 4) is 0 Å². The summed E-state index contributed by atoms with van der Waals surface area (Å²) in [6, 6.07) is 3.68. The molecule has 2 rings (SSSR count). The molecule has 18 heavy (non-hydrogen) atoms. The van der Waals surface area contributed by atoms with E-state index in [0.29, 0.717) is 17.1 Å². The van der Waals surface area contributed by atoms with Gasteiger partial charge in [-0.1, -0.05) is 6.92 Å². The van der Waals surface area contributed by atoms with E-state index in [4.69, 9.17) is 4.42 Å². The van der Waals surface area contributed by atoms with E-state index in [1.807, 2.05) is 19.2 Å². The molecule has 0 aliphatic carbocycles. The number of carbonyl (C=O) groups excluding carboxylic acids is 1. The maximum Gasteiger partial charge on any atom is 0.239 e. The summed E-state index contributed by atoms with van der Waals surface area (Å²) < 4.78 is 6.11. The third-order valence-electron chi connectivity index (χ3n) is 3.36. The summed E-state index contributed by atoms with van der Waals surface area (Å²) in [5.41, 5.74) is 0. The van der Waals surface area contributed by atoms with E-state index in [2.05, 4.69) is 28.2 Å². The van der Waals surface area contributed by atoms with Crippen molar-refractivity contribution in [2.24, 2.45) is 5.92 Å². The molecule has 0 saturated carbocycles. The average Bonchev–Trinajstić information content (AvgIpc) is 2.73. The van der Waals surface area contributed by atoms with E-state index in [9.17, 15) is 4.79 Å². The zero-order valence-corrected chi connectivity index (χ0v) is 12.4. The lowest BCUT2D eigenvalue weighted by atomic mass is 9.93. The maximum atomic E-state index is 12.3. The second-order valence-electron chi connectivity index (χ2n) is 5.04. The van der Waals surface area contributed by atoms with Gasteiger partial charge in [0.2, 0.25) is 5.91 Å². The van der Waals surface area contributed by atoms with E-state index in [0.717, 1.165) is 25.1 Å². The van der Waals surface area contributed by atoms with E-state index in [-0.39, 0.29) is 11.9 Å². The molecule has 1 aliphatic heterocycles. The maximum absolute atomic E-state index is 12.3. The van der Waals surface area contributed by atoms with Crippen LogP contribution in [0.1, 0.15) is 25.5 Å². The second kappa shape index (κ2) is 5.89. The molecule has 1 saturated heterocycles. The van der Waals surface area contributed by atoms with Gasteiger partial charge in [0, 0.05) is 7.05 Å². The Morgan fingerprint density at radius 2 is 2.39 bits per heavy atom. The molecule has 1 aromatic heterocycles. The lowest BCUT2D eigenvalue weighted by Crippen LogP contribution is -2.48. The molecule has 1 aromatic rings. The van der Waals surface area contributed by atoms with E-state index in [1.54, 1.807) is 4.90 Å². The third-order valence-corrected chi connectivity index (χ3v) is 3.79. The Morgan fingerprint density at radius 1 is 1.61 bits per heavy atom. The Hall–Kier alpha value is -0.810. The number of piperidine rings is 1. The molecule has 2 heterocycles. The quantitative estimate of drug-likeness (QED) is 0.931. The molecular weight excluding hydrogens is 296 g/mol. The molecule has 1 N–H and O–H groups in total. The minimum Gasteiger partial charge on any atom is -0.452 e. The molecule has 4 nitrogen and oxygen atoms in total. The van der Waals surface area contributed by atoms with Gasteiger partial charge in [-0.15, -0.1) is 0 Å². The van der Waals surface area contributed by atoms with Crippen molar-refractivity contribution in [1.82, 2.24) is 10.2 Å².